The minimum absolute atomic E-state index is 0.0137. The highest BCUT2D eigenvalue weighted by molar-refractivity contribution is 7.11. The quantitative estimate of drug-likeness (QED) is 0.697. The van der Waals surface area contributed by atoms with Crippen LogP contribution in [0, 0.1) is 5.82 Å². The van der Waals surface area contributed by atoms with Gasteiger partial charge in [0.2, 0.25) is 5.91 Å². The van der Waals surface area contributed by atoms with Crippen LogP contribution in [0.2, 0.25) is 0 Å². The van der Waals surface area contributed by atoms with E-state index in [0.717, 1.165) is 21.7 Å². The Morgan fingerprint density at radius 3 is 2.91 bits per heavy atom. The Labute approximate surface area is 135 Å². The number of benzene rings is 1. The minimum Gasteiger partial charge on any atom is -0.325 e. The molecular formula is C17H12FNOS2. The van der Waals surface area contributed by atoms with Gasteiger partial charge in [0, 0.05) is 28.2 Å². The summed E-state index contributed by atoms with van der Waals surface area (Å²) < 4.78 is 13.5. The Morgan fingerprint density at radius 2 is 2.14 bits per heavy atom. The van der Waals surface area contributed by atoms with E-state index in [1.807, 2.05) is 16.8 Å². The maximum Gasteiger partial charge on any atom is 0.225 e. The van der Waals surface area contributed by atoms with Crippen molar-refractivity contribution >= 4 is 34.3 Å². The molecule has 110 valence electrons. The molecule has 3 heterocycles. The maximum atomic E-state index is 13.5. The minimum atomic E-state index is -0.269. The van der Waals surface area contributed by atoms with Crippen LogP contribution in [0.5, 0.6) is 0 Å². The summed E-state index contributed by atoms with van der Waals surface area (Å²) in [4.78, 5) is 13.3. The Morgan fingerprint density at radius 1 is 1.23 bits per heavy atom. The number of rotatable bonds is 2. The highest BCUT2D eigenvalue weighted by atomic mass is 32.1. The number of nitrogens with one attached hydrogen (secondary N) is 1. The molecule has 0 saturated carbocycles. The van der Waals surface area contributed by atoms with Crippen LogP contribution in [-0.4, -0.2) is 5.91 Å². The molecular weight excluding hydrogens is 317 g/mol. The van der Waals surface area contributed by atoms with Crippen molar-refractivity contribution in [2.24, 2.45) is 0 Å². The molecule has 0 spiro atoms. The van der Waals surface area contributed by atoms with E-state index in [4.69, 9.17) is 0 Å². The second-order valence-electron chi connectivity index (χ2n) is 5.26. The number of fused-ring (bicyclic) bond motifs is 1. The number of amides is 1. The third-order valence-electron chi connectivity index (χ3n) is 3.87. The van der Waals surface area contributed by atoms with Gasteiger partial charge in [-0.25, -0.2) is 4.39 Å². The van der Waals surface area contributed by atoms with Crippen LogP contribution >= 0.6 is 22.7 Å². The van der Waals surface area contributed by atoms with Gasteiger partial charge in [0.25, 0.3) is 0 Å². The normalized spacial score (nSPS) is 17.1. The smallest absolute Gasteiger partial charge is 0.225 e. The van der Waals surface area contributed by atoms with Gasteiger partial charge in [-0.15, -0.1) is 11.3 Å². The number of carbonyl (C=O) groups is 1. The fourth-order valence-corrected chi connectivity index (χ4v) is 4.71. The first-order chi connectivity index (χ1) is 10.7. The predicted octanol–water partition coefficient (Wildman–Crippen LogP) is 5.09. The average molecular weight is 329 g/mol. The van der Waals surface area contributed by atoms with Gasteiger partial charge >= 0.3 is 0 Å². The number of halogens is 1. The molecule has 2 aromatic heterocycles. The molecule has 1 amide bonds. The molecule has 0 saturated heterocycles. The monoisotopic (exact) mass is 329 g/mol. The van der Waals surface area contributed by atoms with Gasteiger partial charge in [-0.2, -0.15) is 11.3 Å². The molecule has 1 aliphatic heterocycles. The van der Waals surface area contributed by atoms with Crippen molar-refractivity contribution in [2.75, 3.05) is 5.32 Å². The molecule has 0 bridgehead atoms. The van der Waals surface area contributed by atoms with Crippen molar-refractivity contribution in [3.8, 4) is 11.1 Å². The molecule has 0 fully saturated rings. The lowest BCUT2D eigenvalue weighted by Gasteiger charge is -2.23. The van der Waals surface area contributed by atoms with Gasteiger partial charge in [-0.1, -0.05) is 12.1 Å². The fraction of sp³-hybridized carbons (Fsp3) is 0.118. The lowest BCUT2D eigenvalue weighted by Crippen LogP contribution is -2.22. The van der Waals surface area contributed by atoms with E-state index in [9.17, 15) is 9.18 Å². The number of hydrogen-bond donors (Lipinski definition) is 1. The SMILES string of the molecule is O=C1CC(c2ccsc2)c2scc(-c3cccc(F)c3)c2N1. The van der Waals surface area contributed by atoms with Crippen LogP contribution < -0.4 is 5.32 Å². The van der Waals surface area contributed by atoms with Crippen LogP contribution in [0.1, 0.15) is 22.8 Å². The third kappa shape index (κ3) is 2.26. The first-order valence-corrected chi connectivity index (χ1v) is 8.74. The molecule has 0 radical (unpaired) electrons. The number of carbonyl (C=O) groups excluding carboxylic acids is 1. The lowest BCUT2D eigenvalue weighted by atomic mass is 9.91. The Kier molecular flexibility index (Phi) is 3.32. The highest BCUT2D eigenvalue weighted by Gasteiger charge is 2.30. The van der Waals surface area contributed by atoms with Crippen LogP contribution in [0.3, 0.4) is 0 Å². The first-order valence-electron chi connectivity index (χ1n) is 6.91. The van der Waals surface area contributed by atoms with Crippen molar-refractivity contribution in [3.05, 3.63) is 62.7 Å². The van der Waals surface area contributed by atoms with Crippen molar-refractivity contribution in [1.29, 1.82) is 0 Å². The standard InChI is InChI=1S/C17H12FNOS2/c18-12-3-1-2-10(6-12)14-9-22-17-13(11-4-5-21-8-11)7-15(20)19-16(14)17/h1-6,8-9,13H,7H2,(H,19,20). The number of thiophene rings is 2. The second kappa shape index (κ2) is 5.34. The molecule has 5 heteroatoms. The van der Waals surface area contributed by atoms with Gasteiger partial charge in [0.1, 0.15) is 5.82 Å². The molecule has 22 heavy (non-hydrogen) atoms. The van der Waals surface area contributed by atoms with Crippen LogP contribution in [-0.2, 0) is 4.79 Å². The van der Waals surface area contributed by atoms with Crippen molar-refractivity contribution < 1.29 is 9.18 Å². The summed E-state index contributed by atoms with van der Waals surface area (Å²) >= 11 is 3.27. The number of hydrogen-bond acceptors (Lipinski definition) is 3. The van der Waals surface area contributed by atoms with E-state index in [0.29, 0.717) is 6.42 Å². The van der Waals surface area contributed by atoms with E-state index in [1.165, 1.54) is 17.7 Å². The summed E-state index contributed by atoms with van der Waals surface area (Å²) in [5, 5.41) is 9.10. The zero-order valence-electron chi connectivity index (χ0n) is 11.5. The van der Waals surface area contributed by atoms with Gasteiger partial charge in [-0.3, -0.25) is 4.79 Å². The molecule has 4 rings (SSSR count). The summed E-state index contributed by atoms with van der Waals surface area (Å²) in [5.74, 6) is -0.156. The largest absolute Gasteiger partial charge is 0.325 e. The van der Waals surface area contributed by atoms with Gasteiger partial charge < -0.3 is 5.32 Å². The zero-order valence-corrected chi connectivity index (χ0v) is 13.1. The highest BCUT2D eigenvalue weighted by Crippen LogP contribution is 2.46. The van der Waals surface area contributed by atoms with Crippen LogP contribution in [0.25, 0.3) is 11.1 Å². The fourth-order valence-electron chi connectivity index (χ4n) is 2.84. The van der Waals surface area contributed by atoms with E-state index in [-0.39, 0.29) is 17.6 Å². The molecule has 1 N–H and O–H groups in total. The molecule has 1 aromatic carbocycles. The summed E-state index contributed by atoms with van der Waals surface area (Å²) in [6.45, 7) is 0. The summed E-state index contributed by atoms with van der Waals surface area (Å²) in [7, 11) is 0. The summed E-state index contributed by atoms with van der Waals surface area (Å²) in [6.07, 6.45) is 0.465. The summed E-state index contributed by atoms with van der Waals surface area (Å²) in [5.41, 5.74) is 3.70. The van der Waals surface area contributed by atoms with E-state index in [1.54, 1.807) is 28.7 Å². The molecule has 3 aromatic rings. The Bertz CT molecular complexity index is 838. The van der Waals surface area contributed by atoms with Gasteiger partial charge in [-0.05, 0) is 40.1 Å². The molecule has 1 unspecified atom stereocenters. The van der Waals surface area contributed by atoms with E-state index >= 15 is 0 Å². The average Bonchev–Trinajstić information content (AvgIpc) is 3.16. The van der Waals surface area contributed by atoms with Crippen LogP contribution in [0.4, 0.5) is 10.1 Å². The Hall–Kier alpha value is -1.98. The first kappa shape index (κ1) is 13.7. The van der Waals surface area contributed by atoms with E-state index < -0.39 is 0 Å². The van der Waals surface area contributed by atoms with Crippen LogP contribution in [0.15, 0.2) is 46.5 Å². The molecule has 2 nitrogen and oxygen atoms in total. The second-order valence-corrected chi connectivity index (χ2v) is 6.95. The van der Waals surface area contributed by atoms with Crippen molar-refractivity contribution in [2.45, 2.75) is 12.3 Å². The summed E-state index contributed by atoms with van der Waals surface area (Å²) in [6, 6.07) is 8.55. The zero-order chi connectivity index (χ0) is 15.1. The number of anilines is 1. The predicted molar refractivity (Wildman–Crippen MR) is 89.1 cm³/mol. The lowest BCUT2D eigenvalue weighted by molar-refractivity contribution is -0.116. The molecule has 1 aliphatic rings. The molecule has 0 aliphatic carbocycles. The maximum absolute atomic E-state index is 13.5. The van der Waals surface area contributed by atoms with E-state index in [2.05, 4.69) is 16.8 Å². The Balaban J connectivity index is 1.84. The molecule has 1 atom stereocenters. The topological polar surface area (TPSA) is 29.1 Å². The van der Waals surface area contributed by atoms with Gasteiger partial charge in [0.05, 0.1) is 5.69 Å². The van der Waals surface area contributed by atoms with Crippen molar-refractivity contribution in [1.82, 2.24) is 0 Å². The van der Waals surface area contributed by atoms with Crippen molar-refractivity contribution in [3.63, 3.8) is 0 Å². The third-order valence-corrected chi connectivity index (χ3v) is 5.67. The van der Waals surface area contributed by atoms with Gasteiger partial charge in [0.15, 0.2) is 0 Å².